The first-order chi connectivity index (χ1) is 22.0. The van der Waals surface area contributed by atoms with E-state index in [2.05, 4.69) is 0 Å². The molecule has 1 amide bonds. The molecule has 12 nitrogen and oxygen atoms in total. The maximum Gasteiger partial charge on any atom is 0.418 e. The molecule has 4 fully saturated rings. The number of aliphatic hydroxyl groups is 1. The Morgan fingerprint density at radius 3 is 2.32 bits per heavy atom. The Bertz CT molecular complexity index is 1870. The van der Waals surface area contributed by atoms with Crippen LogP contribution in [0.3, 0.4) is 0 Å². The van der Waals surface area contributed by atoms with E-state index in [-0.39, 0.29) is 17.7 Å². The number of benzene rings is 2. The molecule has 1 aliphatic carbocycles. The van der Waals surface area contributed by atoms with Crippen LogP contribution in [-0.4, -0.2) is 69.2 Å². The zero-order valence-corrected chi connectivity index (χ0v) is 26.9. The third kappa shape index (κ3) is 3.93. The van der Waals surface area contributed by atoms with Crippen molar-refractivity contribution in [2.75, 3.05) is 4.90 Å². The molecular formula is C35H36N2O10. The quantitative estimate of drug-likeness (QED) is 0.322. The molecule has 1 saturated carbocycles. The molecule has 4 aliphatic rings. The second-order valence-electron chi connectivity index (χ2n) is 14.8. The first-order valence-corrected chi connectivity index (χ1v) is 15.5. The standard InChI is InChI=1S/C35H36N2O10/c1-31(2,3)34(43)17-23-33(18-24(38)44-23)29(41)46-28-35(33,34)25(45-27(40)19-10-8-7-9-11-19)26(39)37(28)21-12-13-22-20(16-21)14-15-36(22)30(42)47-32(4,5)6/h7-16,23,25,28,43H,17-18H2,1-6H3/t23-,25-,28-,33-,34+,35?/m0/s1. The van der Waals surface area contributed by atoms with Crippen molar-refractivity contribution >= 4 is 46.5 Å². The number of nitrogens with zero attached hydrogens (tertiary/aromatic N) is 2. The number of carbonyl (C=O) groups is 5. The van der Waals surface area contributed by atoms with Crippen molar-refractivity contribution in [3.05, 3.63) is 66.4 Å². The summed E-state index contributed by atoms with van der Waals surface area (Å²) in [5, 5.41) is 13.4. The van der Waals surface area contributed by atoms with Gasteiger partial charge in [-0.1, -0.05) is 39.0 Å². The predicted octanol–water partition coefficient (Wildman–Crippen LogP) is 4.35. The van der Waals surface area contributed by atoms with E-state index in [1.807, 2.05) is 0 Å². The van der Waals surface area contributed by atoms with E-state index in [0.717, 1.165) is 0 Å². The van der Waals surface area contributed by atoms with Crippen molar-refractivity contribution in [2.24, 2.45) is 16.2 Å². The van der Waals surface area contributed by atoms with E-state index < -0.39 is 82.2 Å². The second kappa shape index (κ2) is 9.66. The van der Waals surface area contributed by atoms with Crippen LogP contribution in [0.15, 0.2) is 60.8 Å². The average Bonchev–Trinajstić information content (AvgIpc) is 3.72. The maximum atomic E-state index is 14.8. The Balaban J connectivity index is 1.41. The lowest BCUT2D eigenvalue weighted by Crippen LogP contribution is -2.66. The molecule has 246 valence electrons. The molecule has 7 rings (SSSR count). The number of hydrogen-bond donors (Lipinski definition) is 1. The lowest BCUT2D eigenvalue weighted by atomic mass is 9.52. The number of anilines is 1. The minimum Gasteiger partial charge on any atom is -0.461 e. The van der Waals surface area contributed by atoms with Crippen LogP contribution in [0.4, 0.5) is 10.5 Å². The molecule has 1 N–H and O–H groups in total. The third-order valence-electron chi connectivity index (χ3n) is 10.2. The average molecular weight is 645 g/mol. The monoisotopic (exact) mass is 644 g/mol. The van der Waals surface area contributed by atoms with Gasteiger partial charge in [-0.15, -0.1) is 0 Å². The summed E-state index contributed by atoms with van der Waals surface area (Å²) in [6.07, 6.45) is -3.99. The number of carbonyl (C=O) groups excluding carboxylic acids is 5. The Kier molecular flexibility index (Phi) is 6.36. The molecule has 2 spiro atoms. The van der Waals surface area contributed by atoms with Gasteiger partial charge in [0.15, 0.2) is 12.3 Å². The minimum atomic E-state index is -1.94. The van der Waals surface area contributed by atoms with Crippen molar-refractivity contribution in [1.82, 2.24) is 4.57 Å². The highest BCUT2D eigenvalue weighted by Crippen LogP contribution is 2.76. The van der Waals surface area contributed by atoms with Crippen molar-refractivity contribution < 1.29 is 48.0 Å². The molecule has 4 heterocycles. The fourth-order valence-electron chi connectivity index (χ4n) is 8.28. The molecule has 3 saturated heterocycles. The van der Waals surface area contributed by atoms with Crippen LogP contribution in [0, 0.1) is 16.2 Å². The van der Waals surface area contributed by atoms with Crippen LogP contribution in [0.1, 0.15) is 64.7 Å². The normalized spacial score (nSPS) is 31.3. The Labute approximate surface area is 270 Å². The van der Waals surface area contributed by atoms with Crippen LogP contribution in [-0.2, 0) is 33.3 Å². The molecule has 0 bridgehead atoms. The summed E-state index contributed by atoms with van der Waals surface area (Å²) in [5.74, 6) is -3.07. The summed E-state index contributed by atoms with van der Waals surface area (Å²) in [7, 11) is 0. The molecule has 3 aromatic rings. The molecule has 12 heteroatoms. The first-order valence-electron chi connectivity index (χ1n) is 15.5. The van der Waals surface area contributed by atoms with E-state index in [1.54, 1.807) is 90.2 Å². The van der Waals surface area contributed by atoms with Crippen LogP contribution < -0.4 is 4.90 Å². The number of fused-ring (bicyclic) bond motifs is 1. The number of aromatic nitrogens is 1. The van der Waals surface area contributed by atoms with Crippen LogP contribution in [0.25, 0.3) is 10.9 Å². The zero-order chi connectivity index (χ0) is 33.9. The molecule has 47 heavy (non-hydrogen) atoms. The largest absolute Gasteiger partial charge is 0.461 e. The van der Waals surface area contributed by atoms with Gasteiger partial charge in [-0.05, 0) is 62.6 Å². The summed E-state index contributed by atoms with van der Waals surface area (Å²) in [5.41, 5.74) is -6.49. The van der Waals surface area contributed by atoms with Crippen molar-refractivity contribution in [3.63, 3.8) is 0 Å². The van der Waals surface area contributed by atoms with Gasteiger partial charge in [-0.3, -0.25) is 23.9 Å². The molecular weight excluding hydrogens is 608 g/mol. The van der Waals surface area contributed by atoms with Crippen LogP contribution >= 0.6 is 0 Å². The van der Waals surface area contributed by atoms with E-state index in [0.29, 0.717) is 10.9 Å². The molecule has 1 aromatic heterocycles. The van der Waals surface area contributed by atoms with E-state index in [1.165, 1.54) is 21.6 Å². The highest BCUT2D eigenvalue weighted by Gasteiger charge is 2.94. The van der Waals surface area contributed by atoms with E-state index in [9.17, 15) is 29.1 Å². The topological polar surface area (TPSA) is 151 Å². The van der Waals surface area contributed by atoms with Crippen LogP contribution in [0.2, 0.25) is 0 Å². The Hall–Kier alpha value is -4.71. The molecule has 1 unspecified atom stereocenters. The Morgan fingerprint density at radius 1 is 0.957 bits per heavy atom. The van der Waals surface area contributed by atoms with Gasteiger partial charge in [0.2, 0.25) is 0 Å². The van der Waals surface area contributed by atoms with Gasteiger partial charge >= 0.3 is 24.0 Å². The summed E-state index contributed by atoms with van der Waals surface area (Å²) < 4.78 is 24.7. The molecule has 0 radical (unpaired) electrons. The van der Waals surface area contributed by atoms with Crippen LogP contribution in [0.5, 0.6) is 0 Å². The summed E-state index contributed by atoms with van der Waals surface area (Å²) in [4.78, 5) is 69.6. The molecule has 2 aromatic carbocycles. The van der Waals surface area contributed by atoms with E-state index >= 15 is 0 Å². The highest BCUT2D eigenvalue weighted by molar-refractivity contribution is 6.08. The predicted molar refractivity (Wildman–Crippen MR) is 165 cm³/mol. The fourth-order valence-corrected chi connectivity index (χ4v) is 8.28. The number of hydrogen-bond acceptors (Lipinski definition) is 10. The van der Waals surface area contributed by atoms with Gasteiger partial charge in [-0.2, -0.15) is 0 Å². The van der Waals surface area contributed by atoms with Gasteiger partial charge in [0.05, 0.1) is 23.1 Å². The van der Waals surface area contributed by atoms with Gasteiger partial charge in [0, 0.05) is 23.7 Å². The highest BCUT2D eigenvalue weighted by atomic mass is 16.6. The summed E-state index contributed by atoms with van der Waals surface area (Å²) in [6, 6.07) is 14.6. The summed E-state index contributed by atoms with van der Waals surface area (Å²) >= 11 is 0. The van der Waals surface area contributed by atoms with Crippen molar-refractivity contribution in [1.29, 1.82) is 0 Å². The molecule has 3 aliphatic heterocycles. The van der Waals surface area contributed by atoms with Gasteiger partial charge in [0.1, 0.15) is 22.5 Å². The lowest BCUT2D eigenvalue weighted by Gasteiger charge is -2.51. The summed E-state index contributed by atoms with van der Waals surface area (Å²) in [6.45, 7) is 10.5. The SMILES string of the molecule is CC(C)(C)OC(=O)n1ccc2cc(N3C(=O)[C@H](OC(=O)c4ccccc4)C45[C@@H]3OC(=O)[C@@]43CC(=O)O[C@H]3C[C@@]5(O)C(C)(C)C)ccc21. The third-order valence-corrected chi connectivity index (χ3v) is 10.2. The first kappa shape index (κ1) is 30.9. The second-order valence-corrected chi connectivity index (χ2v) is 14.8. The van der Waals surface area contributed by atoms with Crippen molar-refractivity contribution in [2.45, 2.75) is 84.0 Å². The van der Waals surface area contributed by atoms with Gasteiger partial charge in [0.25, 0.3) is 5.91 Å². The van der Waals surface area contributed by atoms with E-state index in [4.69, 9.17) is 18.9 Å². The molecule has 6 atom stereocenters. The number of rotatable bonds is 3. The lowest BCUT2D eigenvalue weighted by molar-refractivity contribution is -0.204. The van der Waals surface area contributed by atoms with Gasteiger partial charge < -0.3 is 24.1 Å². The number of ether oxygens (including phenoxy) is 4. The number of esters is 3. The van der Waals surface area contributed by atoms with Crippen molar-refractivity contribution in [3.8, 4) is 0 Å². The number of amides is 1. The Morgan fingerprint density at radius 2 is 1.66 bits per heavy atom. The smallest absolute Gasteiger partial charge is 0.418 e. The minimum absolute atomic E-state index is 0.156. The maximum absolute atomic E-state index is 14.8. The fraction of sp³-hybridized carbons (Fsp3) is 0.457. The zero-order valence-electron chi connectivity index (χ0n) is 26.9. The van der Waals surface area contributed by atoms with Gasteiger partial charge in [-0.25, -0.2) is 9.59 Å².